The Morgan fingerprint density at radius 2 is 2.33 bits per heavy atom. The molecule has 21 heavy (non-hydrogen) atoms. The van der Waals surface area contributed by atoms with Gasteiger partial charge in [0, 0.05) is 30.2 Å². The van der Waals surface area contributed by atoms with Crippen LogP contribution in [0, 0.1) is 0 Å². The van der Waals surface area contributed by atoms with Crippen LogP contribution in [0.25, 0.3) is 5.65 Å². The topological polar surface area (TPSA) is 83.7 Å². The zero-order valence-corrected chi connectivity index (χ0v) is 11.5. The molecule has 0 fully saturated rings. The van der Waals surface area contributed by atoms with Crippen LogP contribution in [-0.4, -0.2) is 26.9 Å². The molecule has 2 aromatic heterocycles. The number of rotatable bonds is 6. The maximum Gasteiger partial charge on any atom is 0.335 e. The van der Waals surface area contributed by atoms with Gasteiger partial charge >= 0.3 is 5.97 Å². The Bertz CT molecular complexity index is 729. The molecule has 1 amide bonds. The molecule has 0 aliphatic heterocycles. The number of carboxylic acids is 1. The fourth-order valence-corrected chi connectivity index (χ4v) is 1.86. The van der Waals surface area contributed by atoms with Gasteiger partial charge in [-0.2, -0.15) is 0 Å². The van der Waals surface area contributed by atoms with Crippen LogP contribution in [0.15, 0.2) is 48.5 Å². The first-order valence-electron chi connectivity index (χ1n) is 6.34. The Morgan fingerprint density at radius 3 is 3.05 bits per heavy atom. The van der Waals surface area contributed by atoms with Crippen molar-refractivity contribution in [2.75, 3.05) is 0 Å². The van der Waals surface area contributed by atoms with Crippen molar-refractivity contribution in [3.63, 3.8) is 0 Å². The summed E-state index contributed by atoms with van der Waals surface area (Å²) in [7, 11) is 0. The molecule has 2 heterocycles. The van der Waals surface area contributed by atoms with E-state index in [1.165, 1.54) is 6.07 Å². The lowest BCUT2D eigenvalue weighted by atomic mass is 10.2. The van der Waals surface area contributed by atoms with Crippen LogP contribution in [-0.2, 0) is 11.2 Å². The van der Waals surface area contributed by atoms with Gasteiger partial charge in [-0.05, 0) is 25.1 Å². The largest absolute Gasteiger partial charge is 0.478 e. The smallest absolute Gasteiger partial charge is 0.335 e. The molecule has 108 valence electrons. The highest BCUT2D eigenvalue weighted by Crippen LogP contribution is 2.10. The third kappa shape index (κ3) is 3.56. The Hall–Kier alpha value is -2.89. The lowest BCUT2D eigenvalue weighted by Crippen LogP contribution is -2.06. The van der Waals surface area contributed by atoms with Crippen LogP contribution in [0.5, 0.6) is 0 Å². The molecule has 0 bridgehead atoms. The number of nitrogens with one attached hydrogen (secondary N) is 1. The van der Waals surface area contributed by atoms with Crippen LogP contribution in [0.2, 0.25) is 0 Å². The summed E-state index contributed by atoms with van der Waals surface area (Å²) in [6, 6.07) is 3.08. The Labute approximate surface area is 121 Å². The predicted molar refractivity (Wildman–Crippen MR) is 78.0 cm³/mol. The monoisotopic (exact) mass is 285 g/mol. The molecule has 2 N–H and O–H groups in total. The van der Waals surface area contributed by atoms with E-state index in [9.17, 15) is 9.59 Å². The van der Waals surface area contributed by atoms with E-state index >= 15 is 0 Å². The van der Waals surface area contributed by atoms with E-state index in [1.807, 2.05) is 16.6 Å². The summed E-state index contributed by atoms with van der Waals surface area (Å²) in [5, 5.41) is 11.5. The van der Waals surface area contributed by atoms with Crippen molar-refractivity contribution in [1.29, 1.82) is 0 Å². The molecule has 0 radical (unpaired) electrons. The fraction of sp³-hybridized carbons (Fsp3) is 0.133. The van der Waals surface area contributed by atoms with Gasteiger partial charge in [0.05, 0.1) is 5.56 Å². The molecule has 0 aromatic carbocycles. The van der Waals surface area contributed by atoms with E-state index in [0.717, 1.165) is 11.4 Å². The average Bonchev–Trinajstić information content (AvgIpc) is 2.86. The van der Waals surface area contributed by atoms with E-state index < -0.39 is 5.97 Å². The Morgan fingerprint density at radius 1 is 1.52 bits per heavy atom. The molecule has 0 saturated heterocycles. The van der Waals surface area contributed by atoms with E-state index in [2.05, 4.69) is 10.3 Å². The van der Waals surface area contributed by atoms with Crippen molar-refractivity contribution in [2.24, 2.45) is 0 Å². The van der Waals surface area contributed by atoms with Crippen molar-refractivity contribution in [3.05, 3.63) is 59.7 Å². The minimum Gasteiger partial charge on any atom is -0.478 e. The predicted octanol–water partition coefficient (Wildman–Crippen LogP) is 1.78. The van der Waals surface area contributed by atoms with E-state index in [-0.39, 0.29) is 5.56 Å². The number of carbonyl (C=O) groups excluding carboxylic acids is 1. The van der Waals surface area contributed by atoms with Crippen LogP contribution in [0.1, 0.15) is 23.0 Å². The molecule has 0 atom stereocenters. The highest BCUT2D eigenvalue weighted by atomic mass is 16.4. The van der Waals surface area contributed by atoms with Gasteiger partial charge < -0.3 is 14.8 Å². The first-order chi connectivity index (χ1) is 10.1. The maximum atomic E-state index is 10.9. The molecule has 2 rings (SSSR count). The number of fused-ring (bicyclic) bond motifs is 1. The molecule has 0 saturated carbocycles. The Balaban J connectivity index is 2.13. The summed E-state index contributed by atoms with van der Waals surface area (Å²) >= 11 is 0. The van der Waals surface area contributed by atoms with E-state index in [4.69, 9.17) is 5.11 Å². The number of imidazole rings is 1. The number of carboxylic acid groups (broad SMARTS) is 1. The van der Waals surface area contributed by atoms with Crippen LogP contribution < -0.4 is 5.32 Å². The molecule has 0 unspecified atom stereocenters. The zero-order valence-electron chi connectivity index (χ0n) is 11.5. The number of amides is 1. The van der Waals surface area contributed by atoms with Crippen LogP contribution in [0.4, 0.5) is 0 Å². The number of allylic oxidation sites excluding steroid dienone is 4. The van der Waals surface area contributed by atoms with Gasteiger partial charge in [-0.25, -0.2) is 9.78 Å². The number of carbonyl (C=O) groups is 2. The number of hydrogen-bond donors (Lipinski definition) is 2. The van der Waals surface area contributed by atoms with Gasteiger partial charge in [0.15, 0.2) is 0 Å². The van der Waals surface area contributed by atoms with E-state index in [0.29, 0.717) is 18.5 Å². The molecule has 2 aromatic rings. The fourth-order valence-electron chi connectivity index (χ4n) is 1.86. The summed E-state index contributed by atoms with van der Waals surface area (Å²) in [4.78, 5) is 25.3. The first-order valence-corrected chi connectivity index (χ1v) is 6.34. The van der Waals surface area contributed by atoms with Gasteiger partial charge in [-0.1, -0.05) is 12.2 Å². The summed E-state index contributed by atoms with van der Waals surface area (Å²) < 4.78 is 1.84. The average molecular weight is 285 g/mol. The Kier molecular flexibility index (Phi) is 4.50. The van der Waals surface area contributed by atoms with Gasteiger partial charge in [-0.3, -0.25) is 4.79 Å². The molecule has 0 aliphatic carbocycles. The number of nitrogens with zero attached hydrogens (tertiary/aromatic N) is 2. The second-order valence-corrected chi connectivity index (χ2v) is 4.44. The molecular formula is C15H15N3O3. The number of aromatic carboxylic acids is 1. The van der Waals surface area contributed by atoms with Crippen molar-refractivity contribution in [2.45, 2.75) is 13.3 Å². The lowest BCUT2D eigenvalue weighted by molar-refractivity contribution is -0.108. The van der Waals surface area contributed by atoms with Crippen molar-refractivity contribution >= 4 is 18.0 Å². The van der Waals surface area contributed by atoms with Gasteiger partial charge in [-0.15, -0.1) is 0 Å². The van der Waals surface area contributed by atoms with E-state index in [1.54, 1.807) is 31.5 Å². The lowest BCUT2D eigenvalue weighted by Gasteiger charge is -2.00. The number of pyridine rings is 1. The number of aromatic nitrogens is 2. The summed E-state index contributed by atoms with van der Waals surface area (Å²) in [5.74, 6) is -0.967. The highest BCUT2D eigenvalue weighted by molar-refractivity contribution is 5.88. The van der Waals surface area contributed by atoms with Gasteiger partial charge in [0.2, 0.25) is 6.41 Å². The summed E-state index contributed by atoms with van der Waals surface area (Å²) in [6.07, 6.45) is 10.3. The minimum atomic E-state index is -0.967. The second-order valence-electron chi connectivity index (χ2n) is 4.44. The SMILES string of the molecule is C/C(=C\C=C/Cc1cnc2cc(C(=O)O)ccn12)NC=O. The summed E-state index contributed by atoms with van der Waals surface area (Å²) in [5.41, 5.74) is 2.53. The third-order valence-corrected chi connectivity index (χ3v) is 2.93. The number of hydrogen-bond acceptors (Lipinski definition) is 3. The maximum absolute atomic E-state index is 10.9. The summed E-state index contributed by atoms with van der Waals surface area (Å²) in [6.45, 7) is 1.79. The van der Waals surface area contributed by atoms with Gasteiger partial charge in [0.1, 0.15) is 5.65 Å². The van der Waals surface area contributed by atoms with Crippen molar-refractivity contribution in [1.82, 2.24) is 14.7 Å². The second kappa shape index (κ2) is 6.51. The highest BCUT2D eigenvalue weighted by Gasteiger charge is 2.06. The first kappa shape index (κ1) is 14.5. The van der Waals surface area contributed by atoms with Gasteiger partial charge in [0.25, 0.3) is 0 Å². The normalized spacial score (nSPS) is 12.0. The molecule has 0 spiro atoms. The third-order valence-electron chi connectivity index (χ3n) is 2.93. The van der Waals surface area contributed by atoms with Crippen molar-refractivity contribution < 1.29 is 14.7 Å². The minimum absolute atomic E-state index is 0.216. The van der Waals surface area contributed by atoms with Crippen molar-refractivity contribution in [3.8, 4) is 0 Å². The quantitative estimate of drug-likeness (QED) is 0.626. The molecule has 6 nitrogen and oxygen atoms in total. The van der Waals surface area contributed by atoms with Crippen LogP contribution in [0.3, 0.4) is 0 Å². The molecule has 6 heteroatoms. The standard InChI is InChI=1S/C15H15N3O3/c1-11(17-10-19)4-2-3-5-13-9-16-14-8-12(15(20)21)6-7-18(13)14/h2-4,6-10H,5H2,1H3,(H,17,19)(H,20,21)/b3-2-,11-4+. The zero-order chi connectivity index (χ0) is 15.2. The molecule has 0 aliphatic rings. The molecular weight excluding hydrogens is 270 g/mol. The van der Waals surface area contributed by atoms with Crippen LogP contribution >= 0.6 is 0 Å².